The van der Waals surface area contributed by atoms with Crippen LogP contribution in [0.2, 0.25) is 0 Å². The van der Waals surface area contributed by atoms with Crippen molar-refractivity contribution in [1.29, 1.82) is 0 Å². The first-order chi connectivity index (χ1) is 17.0. The summed E-state index contributed by atoms with van der Waals surface area (Å²) < 4.78 is 7.07. The van der Waals surface area contributed by atoms with Crippen LogP contribution in [0.1, 0.15) is 35.2 Å². The Morgan fingerprint density at radius 2 is 1.63 bits per heavy atom. The minimum atomic E-state index is -0.330. The molecule has 1 aromatic heterocycles. The molecule has 0 unspecified atom stereocenters. The minimum Gasteiger partial charge on any atom is -0.497 e. The van der Waals surface area contributed by atoms with Gasteiger partial charge in [-0.2, -0.15) is 10.1 Å². The molecule has 3 aromatic carbocycles. The number of rotatable bonds is 4. The van der Waals surface area contributed by atoms with Gasteiger partial charge in [-0.15, -0.1) is 0 Å². The van der Waals surface area contributed by atoms with Crippen molar-refractivity contribution in [1.82, 2.24) is 19.8 Å². The highest BCUT2D eigenvalue weighted by Gasteiger charge is 2.39. The summed E-state index contributed by atoms with van der Waals surface area (Å²) >= 11 is 0. The number of ether oxygens (including phenoxy) is 1. The Balaban J connectivity index is 1.28. The quantitative estimate of drug-likeness (QED) is 0.423. The predicted octanol–water partition coefficient (Wildman–Crippen LogP) is 4.11. The van der Waals surface area contributed by atoms with Gasteiger partial charge in [-0.1, -0.05) is 18.2 Å². The van der Waals surface area contributed by atoms with Gasteiger partial charge in [0.2, 0.25) is 11.8 Å². The Morgan fingerprint density at radius 1 is 0.857 bits per heavy atom. The molecule has 6 rings (SSSR count). The first-order valence-electron chi connectivity index (χ1n) is 11.5. The van der Waals surface area contributed by atoms with Crippen LogP contribution in [0.4, 0.5) is 0 Å². The Hall–Kier alpha value is -4.46. The fourth-order valence-corrected chi connectivity index (χ4v) is 4.74. The fourth-order valence-electron chi connectivity index (χ4n) is 4.74. The van der Waals surface area contributed by atoms with Crippen LogP contribution in [-0.2, 0) is 16.1 Å². The van der Waals surface area contributed by atoms with Gasteiger partial charge in [0, 0.05) is 30.2 Å². The van der Waals surface area contributed by atoms with Crippen LogP contribution >= 0.6 is 0 Å². The highest BCUT2D eigenvalue weighted by Crippen LogP contribution is 2.30. The zero-order valence-corrected chi connectivity index (χ0v) is 19.1. The number of piperidine rings is 1. The van der Waals surface area contributed by atoms with Crippen molar-refractivity contribution < 1.29 is 19.1 Å². The monoisotopic (exact) mass is 466 g/mol. The van der Waals surface area contributed by atoms with Gasteiger partial charge in [0.15, 0.2) is 0 Å². The summed E-state index contributed by atoms with van der Waals surface area (Å²) in [4.78, 5) is 37.6. The van der Waals surface area contributed by atoms with Gasteiger partial charge >= 0.3 is 0 Å². The number of aromatic nitrogens is 2. The molecule has 0 saturated carbocycles. The molecule has 3 amide bonds. The van der Waals surface area contributed by atoms with E-state index in [1.807, 2.05) is 54.7 Å². The minimum absolute atomic E-state index is 0.182. The van der Waals surface area contributed by atoms with Crippen LogP contribution in [0.15, 0.2) is 66.9 Å². The molecule has 0 radical (unpaired) electrons. The third-order valence-corrected chi connectivity index (χ3v) is 6.57. The molecule has 2 aliphatic heterocycles. The summed E-state index contributed by atoms with van der Waals surface area (Å²) in [5.74, 6) is -0.164. The van der Waals surface area contributed by atoms with Crippen LogP contribution in [-0.4, -0.2) is 44.6 Å². The Kier molecular flexibility index (Phi) is 4.88. The summed E-state index contributed by atoms with van der Waals surface area (Å²) in [6, 6.07) is 19.5. The molecule has 35 heavy (non-hydrogen) atoms. The van der Waals surface area contributed by atoms with E-state index >= 15 is 0 Å². The molecule has 2 aliphatic rings. The maximum atomic E-state index is 12.9. The molecular formula is C27H22N4O4. The number of hydrogen-bond acceptors (Lipinski definition) is 5. The molecule has 0 N–H and O–H groups in total. The van der Waals surface area contributed by atoms with Crippen LogP contribution in [0, 0.1) is 0 Å². The van der Waals surface area contributed by atoms with Gasteiger partial charge < -0.3 is 4.74 Å². The Bertz CT molecular complexity index is 1510. The molecule has 0 aliphatic carbocycles. The normalized spacial score (nSPS) is 15.7. The van der Waals surface area contributed by atoms with Gasteiger partial charge in [-0.3, -0.25) is 14.4 Å². The molecule has 3 heterocycles. The standard InChI is InChI=1S/C27H22N4O4/c1-35-22-9-7-17-13-19(6-5-18(17)15-22)24-11-12-29(28-24)21-8-10-23-20(14-21)16-30(27(23)34)31-25(32)3-2-4-26(31)33/h5-15H,2-4,16H2,1H3. The number of amides is 3. The maximum Gasteiger partial charge on any atom is 0.273 e. The average Bonchev–Trinajstić information content (AvgIpc) is 3.48. The lowest BCUT2D eigenvalue weighted by molar-refractivity contribution is -0.163. The molecule has 4 aromatic rings. The highest BCUT2D eigenvalue weighted by atomic mass is 16.5. The molecule has 1 saturated heterocycles. The summed E-state index contributed by atoms with van der Waals surface area (Å²) in [5.41, 5.74) is 3.87. The molecule has 1 fully saturated rings. The van der Waals surface area contributed by atoms with Crippen LogP contribution in [0.5, 0.6) is 5.75 Å². The zero-order chi connectivity index (χ0) is 24.1. The first-order valence-corrected chi connectivity index (χ1v) is 11.5. The second kappa shape index (κ2) is 8.09. The summed E-state index contributed by atoms with van der Waals surface area (Å²) in [7, 11) is 1.65. The fraction of sp³-hybridized carbons (Fsp3) is 0.185. The SMILES string of the molecule is COc1ccc2cc(-c3ccn(-c4ccc5c(c4)CN(N4C(=O)CCCC4=O)C5=O)n3)ccc2c1. The van der Waals surface area contributed by atoms with Gasteiger partial charge in [0.25, 0.3) is 5.91 Å². The number of benzene rings is 3. The van der Waals surface area contributed by atoms with E-state index in [0.717, 1.165) is 44.0 Å². The van der Waals surface area contributed by atoms with E-state index in [9.17, 15) is 14.4 Å². The number of hydrazine groups is 1. The highest BCUT2D eigenvalue weighted by molar-refractivity contribution is 6.04. The number of carbonyl (C=O) groups excluding carboxylic acids is 3. The lowest BCUT2D eigenvalue weighted by Gasteiger charge is -2.32. The predicted molar refractivity (Wildman–Crippen MR) is 129 cm³/mol. The lowest BCUT2D eigenvalue weighted by atomic mass is 10.1. The summed E-state index contributed by atoms with van der Waals surface area (Å²) in [5, 5.41) is 9.21. The van der Waals surface area contributed by atoms with Crippen molar-refractivity contribution in [2.24, 2.45) is 0 Å². The summed E-state index contributed by atoms with van der Waals surface area (Å²) in [6.07, 6.45) is 2.95. The zero-order valence-electron chi connectivity index (χ0n) is 19.1. The second-order valence-electron chi connectivity index (χ2n) is 8.73. The van der Waals surface area contributed by atoms with Crippen LogP contribution in [0.3, 0.4) is 0 Å². The van der Waals surface area contributed by atoms with Gasteiger partial charge in [0.1, 0.15) is 5.75 Å². The van der Waals surface area contributed by atoms with E-state index in [4.69, 9.17) is 9.84 Å². The molecule has 8 heteroatoms. The topological polar surface area (TPSA) is 84.7 Å². The number of nitrogens with zero attached hydrogens (tertiary/aromatic N) is 4. The Morgan fingerprint density at radius 3 is 2.43 bits per heavy atom. The third-order valence-electron chi connectivity index (χ3n) is 6.57. The average molecular weight is 466 g/mol. The van der Waals surface area contributed by atoms with Gasteiger partial charge in [-0.25, -0.2) is 9.69 Å². The number of imide groups is 1. The van der Waals surface area contributed by atoms with Crippen molar-refractivity contribution in [2.45, 2.75) is 25.8 Å². The molecule has 0 spiro atoms. The molecule has 0 atom stereocenters. The van der Waals surface area contributed by atoms with Crippen LogP contribution < -0.4 is 4.74 Å². The van der Waals surface area contributed by atoms with E-state index in [0.29, 0.717) is 12.0 Å². The third kappa shape index (κ3) is 3.54. The van der Waals surface area contributed by atoms with E-state index in [2.05, 4.69) is 6.07 Å². The van der Waals surface area contributed by atoms with Crippen molar-refractivity contribution >= 4 is 28.5 Å². The number of hydrogen-bond donors (Lipinski definition) is 0. The van der Waals surface area contributed by atoms with Crippen molar-refractivity contribution in [3.8, 4) is 22.7 Å². The van der Waals surface area contributed by atoms with E-state index in [1.165, 1.54) is 5.01 Å². The van der Waals surface area contributed by atoms with Crippen molar-refractivity contribution in [3.63, 3.8) is 0 Å². The lowest BCUT2D eigenvalue weighted by Crippen LogP contribution is -2.51. The number of methoxy groups -OCH3 is 1. The van der Waals surface area contributed by atoms with Gasteiger partial charge in [-0.05, 0) is 65.2 Å². The van der Waals surface area contributed by atoms with Gasteiger partial charge in [0.05, 0.1) is 25.0 Å². The maximum absolute atomic E-state index is 12.9. The second-order valence-corrected chi connectivity index (χ2v) is 8.73. The number of fused-ring (bicyclic) bond motifs is 2. The van der Waals surface area contributed by atoms with E-state index in [1.54, 1.807) is 17.9 Å². The first kappa shape index (κ1) is 21.1. The van der Waals surface area contributed by atoms with Crippen molar-refractivity contribution in [3.05, 3.63) is 78.0 Å². The summed E-state index contributed by atoms with van der Waals surface area (Å²) in [6.45, 7) is 0.182. The molecular weight excluding hydrogens is 444 g/mol. The Labute approximate surface area is 201 Å². The van der Waals surface area contributed by atoms with Crippen molar-refractivity contribution in [2.75, 3.05) is 7.11 Å². The molecule has 0 bridgehead atoms. The molecule has 8 nitrogen and oxygen atoms in total. The van der Waals surface area contributed by atoms with E-state index < -0.39 is 0 Å². The number of carbonyl (C=O) groups is 3. The smallest absolute Gasteiger partial charge is 0.273 e. The largest absolute Gasteiger partial charge is 0.497 e. The van der Waals surface area contributed by atoms with E-state index in [-0.39, 0.29) is 37.1 Å². The van der Waals surface area contributed by atoms with Crippen LogP contribution in [0.25, 0.3) is 27.7 Å². The molecule has 174 valence electrons.